The summed E-state index contributed by atoms with van der Waals surface area (Å²) < 4.78 is 20.6. The van der Waals surface area contributed by atoms with Crippen molar-refractivity contribution in [2.45, 2.75) is 0 Å². The van der Waals surface area contributed by atoms with Crippen molar-refractivity contribution in [3.63, 3.8) is 0 Å². The highest BCUT2D eigenvalue weighted by Gasteiger charge is 2.22. The van der Waals surface area contributed by atoms with Crippen LogP contribution in [0.1, 0.15) is 20.8 Å². The lowest BCUT2D eigenvalue weighted by molar-refractivity contribution is 0.0470. The highest BCUT2D eigenvalue weighted by Crippen LogP contribution is 2.39. The minimum atomic E-state index is -0.692. The normalized spacial score (nSPS) is 10.0. The Bertz CT molecular complexity index is 693. The van der Waals surface area contributed by atoms with E-state index in [0.717, 1.165) is 0 Å². The Kier molecular flexibility index (Phi) is 5.24. The summed E-state index contributed by atoms with van der Waals surface area (Å²) in [6.07, 6.45) is 1.62. The van der Waals surface area contributed by atoms with Gasteiger partial charge in [0, 0.05) is 6.20 Å². The van der Waals surface area contributed by atoms with Crippen molar-refractivity contribution < 1.29 is 28.5 Å². The summed E-state index contributed by atoms with van der Waals surface area (Å²) in [4.78, 5) is 26.8. The maximum atomic E-state index is 12.2. The van der Waals surface area contributed by atoms with Crippen molar-refractivity contribution in [2.24, 2.45) is 0 Å². The number of hydrogen-bond acceptors (Lipinski definition) is 6. The second-order valence-corrected chi connectivity index (χ2v) is 4.46. The molecular weight excluding hydrogens is 302 g/mol. The van der Waals surface area contributed by atoms with Crippen molar-refractivity contribution >= 4 is 11.8 Å². The molecule has 0 saturated heterocycles. The number of esters is 1. The number of aromatic amines is 1. The maximum absolute atomic E-state index is 12.2. The van der Waals surface area contributed by atoms with Crippen LogP contribution in [0.15, 0.2) is 30.5 Å². The summed E-state index contributed by atoms with van der Waals surface area (Å²) in [5.41, 5.74) is 0.515. The Morgan fingerprint density at radius 2 is 1.74 bits per heavy atom. The Balaban J connectivity index is 2.17. The molecule has 1 aromatic carbocycles. The van der Waals surface area contributed by atoms with Crippen LogP contribution in [0.3, 0.4) is 0 Å². The number of ketones is 1. The van der Waals surface area contributed by atoms with E-state index in [0.29, 0.717) is 11.4 Å². The van der Waals surface area contributed by atoms with E-state index in [9.17, 15) is 9.59 Å². The average molecular weight is 319 g/mol. The smallest absolute Gasteiger partial charge is 0.342 e. The molecule has 0 saturated carbocycles. The molecule has 0 aliphatic heterocycles. The summed E-state index contributed by atoms with van der Waals surface area (Å²) in [5, 5.41) is 0. The van der Waals surface area contributed by atoms with Gasteiger partial charge in [0.05, 0.1) is 27.0 Å². The zero-order valence-electron chi connectivity index (χ0n) is 13.0. The molecule has 0 fully saturated rings. The number of carbonyl (C=O) groups excluding carboxylic acids is 2. The predicted molar refractivity (Wildman–Crippen MR) is 81.5 cm³/mol. The van der Waals surface area contributed by atoms with Gasteiger partial charge in [-0.15, -0.1) is 0 Å². The number of aromatic nitrogens is 1. The molecule has 0 amide bonds. The molecule has 1 N–H and O–H groups in total. The molecular formula is C16H17NO6. The Labute approximate surface area is 133 Å². The van der Waals surface area contributed by atoms with E-state index in [1.54, 1.807) is 24.4 Å². The molecule has 0 atom stereocenters. The number of methoxy groups -OCH3 is 3. The summed E-state index contributed by atoms with van der Waals surface area (Å²) >= 11 is 0. The van der Waals surface area contributed by atoms with Gasteiger partial charge >= 0.3 is 5.97 Å². The number of hydrogen-bond donors (Lipinski definition) is 1. The quantitative estimate of drug-likeness (QED) is 0.621. The third kappa shape index (κ3) is 3.45. The maximum Gasteiger partial charge on any atom is 0.342 e. The molecule has 0 spiro atoms. The lowest BCUT2D eigenvalue weighted by Crippen LogP contribution is -2.15. The first-order valence-corrected chi connectivity index (χ1v) is 6.75. The van der Waals surface area contributed by atoms with Crippen LogP contribution in [0.2, 0.25) is 0 Å². The fourth-order valence-electron chi connectivity index (χ4n) is 2.05. The molecule has 0 unspecified atom stereocenters. The van der Waals surface area contributed by atoms with E-state index in [-0.39, 0.29) is 29.5 Å². The first-order valence-electron chi connectivity index (χ1n) is 6.75. The summed E-state index contributed by atoms with van der Waals surface area (Å²) in [6.45, 7) is -0.378. The van der Waals surface area contributed by atoms with E-state index in [1.165, 1.54) is 27.4 Å². The van der Waals surface area contributed by atoms with Gasteiger partial charge in [-0.2, -0.15) is 0 Å². The average Bonchev–Trinajstić information content (AvgIpc) is 3.12. The molecule has 2 rings (SSSR count). The molecule has 0 radical (unpaired) electrons. The third-order valence-corrected chi connectivity index (χ3v) is 3.16. The van der Waals surface area contributed by atoms with Crippen LogP contribution >= 0.6 is 0 Å². The minimum absolute atomic E-state index is 0.143. The van der Waals surface area contributed by atoms with Crippen LogP contribution in [0.5, 0.6) is 17.2 Å². The second kappa shape index (κ2) is 7.35. The van der Waals surface area contributed by atoms with Crippen molar-refractivity contribution in [1.82, 2.24) is 4.98 Å². The molecule has 2 aromatic rings. The van der Waals surface area contributed by atoms with Gasteiger partial charge in [0.1, 0.15) is 5.56 Å². The van der Waals surface area contributed by atoms with Crippen molar-refractivity contribution in [2.75, 3.05) is 27.9 Å². The van der Waals surface area contributed by atoms with E-state index in [1.807, 2.05) is 0 Å². The SMILES string of the molecule is COc1ccc(C(=O)OCC(=O)c2ccc[nH]2)c(OC)c1OC. The van der Waals surface area contributed by atoms with Crippen LogP contribution in [0.25, 0.3) is 0 Å². The standard InChI is InChI=1S/C16H17NO6/c1-20-13-7-6-10(14(21-2)15(13)22-3)16(19)23-9-12(18)11-5-4-8-17-11/h4-8,17H,9H2,1-3H3. The van der Waals surface area contributed by atoms with E-state index in [2.05, 4.69) is 4.98 Å². The van der Waals surface area contributed by atoms with Gasteiger partial charge in [-0.1, -0.05) is 0 Å². The molecule has 23 heavy (non-hydrogen) atoms. The number of benzene rings is 1. The fourth-order valence-corrected chi connectivity index (χ4v) is 2.05. The first kappa shape index (κ1) is 16.4. The van der Waals surface area contributed by atoms with Crippen molar-refractivity contribution in [1.29, 1.82) is 0 Å². The van der Waals surface area contributed by atoms with Crippen molar-refractivity contribution in [3.8, 4) is 17.2 Å². The number of Topliss-reactive ketones (excluding diaryl/α,β-unsaturated/α-hetero) is 1. The lowest BCUT2D eigenvalue weighted by Gasteiger charge is -2.14. The molecule has 0 aliphatic carbocycles. The van der Waals surface area contributed by atoms with Gasteiger partial charge in [0.25, 0.3) is 0 Å². The number of carbonyl (C=O) groups is 2. The minimum Gasteiger partial charge on any atom is -0.493 e. The van der Waals surface area contributed by atoms with Gasteiger partial charge in [-0.3, -0.25) is 4.79 Å². The molecule has 1 aromatic heterocycles. The Hall–Kier alpha value is -2.96. The van der Waals surface area contributed by atoms with Crippen LogP contribution in [-0.4, -0.2) is 44.7 Å². The second-order valence-electron chi connectivity index (χ2n) is 4.46. The van der Waals surface area contributed by atoms with Gasteiger partial charge < -0.3 is 23.9 Å². The van der Waals surface area contributed by atoms with Gasteiger partial charge in [-0.05, 0) is 24.3 Å². The topological polar surface area (TPSA) is 86.9 Å². The highest BCUT2D eigenvalue weighted by molar-refractivity contribution is 5.99. The zero-order valence-corrected chi connectivity index (χ0v) is 13.0. The van der Waals surface area contributed by atoms with Gasteiger partial charge in [-0.25, -0.2) is 4.79 Å². The van der Waals surface area contributed by atoms with Gasteiger partial charge in [0.2, 0.25) is 11.5 Å². The number of H-pyrrole nitrogens is 1. The monoisotopic (exact) mass is 319 g/mol. The molecule has 0 bridgehead atoms. The first-order chi connectivity index (χ1) is 11.1. The van der Waals surface area contributed by atoms with E-state index < -0.39 is 5.97 Å². The number of ether oxygens (including phenoxy) is 4. The molecule has 7 nitrogen and oxygen atoms in total. The summed E-state index contributed by atoms with van der Waals surface area (Å²) in [7, 11) is 4.31. The van der Waals surface area contributed by atoms with Crippen LogP contribution in [0, 0.1) is 0 Å². The molecule has 0 aliphatic rings. The Morgan fingerprint density at radius 1 is 1.00 bits per heavy atom. The molecule has 122 valence electrons. The summed E-state index contributed by atoms with van der Waals surface area (Å²) in [6, 6.07) is 6.34. The lowest BCUT2D eigenvalue weighted by atomic mass is 10.1. The van der Waals surface area contributed by atoms with Crippen LogP contribution < -0.4 is 14.2 Å². The highest BCUT2D eigenvalue weighted by atomic mass is 16.5. The number of nitrogens with one attached hydrogen (secondary N) is 1. The zero-order chi connectivity index (χ0) is 16.8. The fraction of sp³-hybridized carbons (Fsp3) is 0.250. The third-order valence-electron chi connectivity index (χ3n) is 3.16. The van der Waals surface area contributed by atoms with Crippen LogP contribution in [0.4, 0.5) is 0 Å². The molecule has 7 heteroatoms. The largest absolute Gasteiger partial charge is 0.493 e. The predicted octanol–water partition coefficient (Wildman–Crippen LogP) is 2.08. The van der Waals surface area contributed by atoms with E-state index in [4.69, 9.17) is 18.9 Å². The van der Waals surface area contributed by atoms with Gasteiger partial charge in [0.15, 0.2) is 18.1 Å². The number of rotatable bonds is 7. The Morgan fingerprint density at radius 3 is 2.30 bits per heavy atom. The van der Waals surface area contributed by atoms with Crippen LogP contribution in [-0.2, 0) is 4.74 Å². The molecule has 1 heterocycles. The summed E-state index contributed by atoms with van der Waals surface area (Å²) in [5.74, 6) is -0.141. The van der Waals surface area contributed by atoms with E-state index >= 15 is 0 Å². The van der Waals surface area contributed by atoms with Crippen molar-refractivity contribution in [3.05, 3.63) is 41.7 Å².